The number of hydrogen-bond acceptors (Lipinski definition) is 3. The first-order valence-electron chi connectivity index (χ1n) is 6.36. The van der Waals surface area contributed by atoms with E-state index in [4.69, 9.17) is 10.9 Å². The van der Waals surface area contributed by atoms with Gasteiger partial charge < -0.3 is 16.3 Å². The largest absolute Gasteiger partial charge is 0.409 e. The fourth-order valence-electron chi connectivity index (χ4n) is 2.31. The van der Waals surface area contributed by atoms with Crippen LogP contribution in [0.2, 0.25) is 0 Å². The van der Waals surface area contributed by atoms with Crippen molar-refractivity contribution in [2.75, 3.05) is 0 Å². The lowest BCUT2D eigenvalue weighted by molar-refractivity contribution is -0.124. The molecule has 5 heteroatoms. The fraction of sp³-hybridized carbons (Fsp3) is 0.429. The maximum absolute atomic E-state index is 12.2. The summed E-state index contributed by atoms with van der Waals surface area (Å²) in [5, 5.41) is 14.7. The van der Waals surface area contributed by atoms with E-state index in [-0.39, 0.29) is 17.8 Å². The van der Waals surface area contributed by atoms with Gasteiger partial charge in [-0.15, -0.1) is 0 Å². The van der Waals surface area contributed by atoms with Crippen molar-refractivity contribution in [1.29, 1.82) is 0 Å². The van der Waals surface area contributed by atoms with E-state index in [2.05, 4.69) is 10.5 Å². The van der Waals surface area contributed by atoms with Crippen LogP contribution in [0.25, 0.3) is 0 Å². The molecule has 102 valence electrons. The van der Waals surface area contributed by atoms with Gasteiger partial charge in [0.1, 0.15) is 5.41 Å². The third-order valence-corrected chi connectivity index (χ3v) is 3.79. The Morgan fingerprint density at radius 2 is 2.11 bits per heavy atom. The molecule has 1 atom stereocenters. The molecule has 1 fully saturated rings. The Morgan fingerprint density at radius 3 is 2.63 bits per heavy atom. The highest BCUT2D eigenvalue weighted by Crippen LogP contribution is 2.46. The number of nitrogens with zero attached hydrogens (tertiary/aromatic N) is 1. The highest BCUT2D eigenvalue weighted by Gasteiger charge is 2.54. The number of oxime groups is 1. The van der Waals surface area contributed by atoms with Crippen molar-refractivity contribution in [3.63, 3.8) is 0 Å². The molecule has 1 aromatic rings. The van der Waals surface area contributed by atoms with Gasteiger partial charge in [-0.1, -0.05) is 29.4 Å². The number of amidine groups is 1. The molecule has 0 aliphatic heterocycles. The minimum atomic E-state index is -0.800. The second-order valence-corrected chi connectivity index (χ2v) is 5.12. The molecule has 0 radical (unpaired) electrons. The van der Waals surface area contributed by atoms with Crippen molar-refractivity contribution in [2.45, 2.75) is 32.7 Å². The topological polar surface area (TPSA) is 87.7 Å². The van der Waals surface area contributed by atoms with Gasteiger partial charge in [-0.2, -0.15) is 0 Å². The number of nitrogens with one attached hydrogen (secondary N) is 1. The van der Waals surface area contributed by atoms with Gasteiger partial charge in [0.2, 0.25) is 5.91 Å². The van der Waals surface area contributed by atoms with Crippen LogP contribution in [0.4, 0.5) is 0 Å². The Labute approximate surface area is 112 Å². The predicted molar refractivity (Wildman–Crippen MR) is 72.8 cm³/mol. The first-order valence-corrected chi connectivity index (χ1v) is 6.36. The van der Waals surface area contributed by atoms with Crippen molar-refractivity contribution in [3.05, 3.63) is 35.4 Å². The molecule has 0 aromatic heterocycles. The average molecular weight is 261 g/mol. The van der Waals surface area contributed by atoms with Crippen LogP contribution in [0.3, 0.4) is 0 Å². The Hall–Kier alpha value is -2.04. The molecule has 2 rings (SSSR count). The molecule has 0 saturated heterocycles. The number of benzene rings is 1. The molecule has 0 bridgehead atoms. The minimum Gasteiger partial charge on any atom is -0.409 e. The van der Waals surface area contributed by atoms with E-state index < -0.39 is 5.41 Å². The molecule has 1 aromatic carbocycles. The normalized spacial score (nSPS) is 18.7. The van der Waals surface area contributed by atoms with Crippen LogP contribution in [0, 0.1) is 12.3 Å². The average Bonchev–Trinajstić information content (AvgIpc) is 3.19. The van der Waals surface area contributed by atoms with Gasteiger partial charge >= 0.3 is 0 Å². The highest BCUT2D eigenvalue weighted by atomic mass is 16.4. The number of aryl methyl sites for hydroxylation is 1. The van der Waals surface area contributed by atoms with Gasteiger partial charge in [-0.25, -0.2) is 0 Å². The molecule has 0 heterocycles. The summed E-state index contributed by atoms with van der Waals surface area (Å²) in [4.78, 5) is 12.2. The first-order chi connectivity index (χ1) is 9.01. The zero-order valence-corrected chi connectivity index (χ0v) is 11.2. The van der Waals surface area contributed by atoms with Crippen LogP contribution < -0.4 is 11.1 Å². The molecular weight excluding hydrogens is 242 g/mol. The number of nitrogens with two attached hydrogens (primary N) is 1. The van der Waals surface area contributed by atoms with E-state index in [0.717, 1.165) is 11.1 Å². The van der Waals surface area contributed by atoms with E-state index in [1.807, 2.05) is 38.1 Å². The summed E-state index contributed by atoms with van der Waals surface area (Å²) >= 11 is 0. The van der Waals surface area contributed by atoms with Crippen molar-refractivity contribution < 1.29 is 10.0 Å². The number of hydrogen-bond donors (Lipinski definition) is 3. The van der Waals surface area contributed by atoms with Crippen molar-refractivity contribution in [1.82, 2.24) is 5.32 Å². The second kappa shape index (κ2) is 4.91. The molecule has 1 aliphatic carbocycles. The van der Waals surface area contributed by atoms with Crippen LogP contribution >= 0.6 is 0 Å². The smallest absolute Gasteiger partial charge is 0.234 e. The van der Waals surface area contributed by atoms with Gasteiger partial charge in [-0.05, 0) is 37.8 Å². The molecule has 1 aliphatic rings. The van der Waals surface area contributed by atoms with Crippen LogP contribution in [0.1, 0.15) is 36.9 Å². The van der Waals surface area contributed by atoms with Crippen LogP contribution in [-0.2, 0) is 4.79 Å². The lowest BCUT2D eigenvalue weighted by atomic mass is 10.00. The van der Waals surface area contributed by atoms with Gasteiger partial charge in [0, 0.05) is 0 Å². The number of rotatable bonds is 4. The van der Waals surface area contributed by atoms with Crippen molar-refractivity contribution in [2.24, 2.45) is 16.3 Å². The van der Waals surface area contributed by atoms with Crippen molar-refractivity contribution in [3.8, 4) is 0 Å². The van der Waals surface area contributed by atoms with E-state index in [1.165, 1.54) is 0 Å². The molecule has 0 spiro atoms. The number of amides is 1. The van der Waals surface area contributed by atoms with Gasteiger partial charge in [0.15, 0.2) is 5.84 Å². The summed E-state index contributed by atoms with van der Waals surface area (Å²) in [7, 11) is 0. The Morgan fingerprint density at radius 1 is 1.47 bits per heavy atom. The van der Waals surface area contributed by atoms with Gasteiger partial charge in [-0.3, -0.25) is 4.79 Å². The molecule has 1 amide bonds. The summed E-state index contributed by atoms with van der Waals surface area (Å²) < 4.78 is 0. The zero-order chi connectivity index (χ0) is 14.0. The quantitative estimate of drug-likeness (QED) is 0.333. The minimum absolute atomic E-state index is 0.00184. The number of carbonyl (C=O) groups excluding carboxylic acids is 1. The zero-order valence-electron chi connectivity index (χ0n) is 11.2. The van der Waals surface area contributed by atoms with E-state index in [1.54, 1.807) is 0 Å². The van der Waals surface area contributed by atoms with Crippen LogP contribution in [-0.4, -0.2) is 17.0 Å². The molecule has 4 N–H and O–H groups in total. The van der Waals surface area contributed by atoms with E-state index in [0.29, 0.717) is 12.8 Å². The highest BCUT2D eigenvalue weighted by molar-refractivity contribution is 6.09. The summed E-state index contributed by atoms with van der Waals surface area (Å²) in [5.41, 5.74) is 7.00. The van der Waals surface area contributed by atoms with Crippen LogP contribution in [0.15, 0.2) is 29.4 Å². The maximum Gasteiger partial charge on any atom is 0.234 e. The summed E-state index contributed by atoms with van der Waals surface area (Å²) in [6.45, 7) is 3.94. The van der Waals surface area contributed by atoms with Gasteiger partial charge in [0.05, 0.1) is 6.04 Å². The monoisotopic (exact) mass is 261 g/mol. The Balaban J connectivity index is 2.10. The molecule has 5 nitrogen and oxygen atoms in total. The Kier molecular flexibility index (Phi) is 3.46. The summed E-state index contributed by atoms with van der Waals surface area (Å²) in [5.74, 6) is -0.166. The molecule has 1 unspecified atom stereocenters. The number of carbonyl (C=O) groups is 1. The second-order valence-electron chi connectivity index (χ2n) is 5.12. The lowest BCUT2D eigenvalue weighted by Gasteiger charge is -2.20. The predicted octanol–water partition coefficient (Wildman–Crippen LogP) is 1.70. The third-order valence-electron chi connectivity index (χ3n) is 3.79. The first kappa shape index (κ1) is 13.4. The summed E-state index contributed by atoms with van der Waals surface area (Å²) in [6.07, 6.45) is 1.27. The van der Waals surface area contributed by atoms with Crippen LogP contribution in [0.5, 0.6) is 0 Å². The van der Waals surface area contributed by atoms with E-state index >= 15 is 0 Å². The SMILES string of the molecule is Cc1ccccc1C(C)NC(=O)C1(/C(N)=N/O)CC1. The lowest BCUT2D eigenvalue weighted by Crippen LogP contribution is -2.41. The molecule has 19 heavy (non-hydrogen) atoms. The Bertz CT molecular complexity index is 521. The molecule has 1 saturated carbocycles. The van der Waals surface area contributed by atoms with E-state index in [9.17, 15) is 4.79 Å². The third kappa shape index (κ3) is 2.41. The van der Waals surface area contributed by atoms with Gasteiger partial charge in [0.25, 0.3) is 0 Å². The standard InChI is InChI=1S/C14H19N3O2/c1-9-5-3-4-6-11(9)10(2)16-13(18)14(7-8-14)12(15)17-19/h3-6,10,19H,7-8H2,1-2H3,(H2,15,17)(H,16,18). The summed E-state index contributed by atoms with van der Waals surface area (Å²) in [6, 6.07) is 7.81. The maximum atomic E-state index is 12.2. The molecular formula is C14H19N3O2. The fourth-order valence-corrected chi connectivity index (χ4v) is 2.31. The van der Waals surface area contributed by atoms with Crippen molar-refractivity contribution >= 4 is 11.7 Å².